The number of pyridine rings is 1. The highest BCUT2D eigenvalue weighted by molar-refractivity contribution is 7.98. The molecule has 0 unspecified atom stereocenters. The van der Waals surface area contributed by atoms with Gasteiger partial charge in [-0.25, -0.2) is 9.78 Å². The summed E-state index contributed by atoms with van der Waals surface area (Å²) >= 11 is 1.63. The number of rotatable bonds is 8. The molecule has 0 spiro atoms. The standard InChI is InChI=1S/C33H42N4O3S/c1-20-10-12-22(13-11-20)29-24(18-40-31(38)37-33(6,7)8)28(17-32(3,4)5)34-21(2)25(29)19-41-30-35-26-15-14-23(39-9)16-27(26)36-30/h10-16H,17-19H2,1-9H3,(H,35,36)(H,37,38). The van der Waals surface area contributed by atoms with Gasteiger partial charge in [0.05, 0.1) is 18.1 Å². The second kappa shape index (κ2) is 12.1. The Labute approximate surface area is 247 Å². The van der Waals surface area contributed by atoms with Gasteiger partial charge in [0.2, 0.25) is 0 Å². The van der Waals surface area contributed by atoms with E-state index in [0.29, 0.717) is 5.75 Å². The van der Waals surface area contributed by atoms with Gasteiger partial charge in [-0.3, -0.25) is 4.98 Å². The van der Waals surface area contributed by atoms with Crippen LogP contribution in [-0.2, 0) is 23.5 Å². The topological polar surface area (TPSA) is 89.1 Å². The van der Waals surface area contributed by atoms with Crippen LogP contribution in [0.4, 0.5) is 4.79 Å². The van der Waals surface area contributed by atoms with E-state index in [0.717, 1.165) is 62.0 Å². The van der Waals surface area contributed by atoms with Crippen molar-refractivity contribution in [1.82, 2.24) is 20.3 Å². The van der Waals surface area contributed by atoms with Crippen LogP contribution in [0.25, 0.3) is 22.2 Å². The molecule has 2 aromatic heterocycles. The fraction of sp³-hybridized carbons (Fsp3) is 0.424. The Kier molecular flexibility index (Phi) is 9.02. The van der Waals surface area contributed by atoms with E-state index in [4.69, 9.17) is 19.4 Å². The second-order valence-electron chi connectivity index (χ2n) is 12.7. The number of thioether (sulfide) groups is 1. The lowest BCUT2D eigenvalue weighted by Gasteiger charge is -2.25. The first-order valence-corrected chi connectivity index (χ1v) is 14.9. The van der Waals surface area contributed by atoms with Crippen LogP contribution in [0, 0.1) is 19.3 Å². The van der Waals surface area contributed by atoms with Crippen molar-refractivity contribution >= 4 is 28.9 Å². The van der Waals surface area contributed by atoms with Gasteiger partial charge < -0.3 is 19.8 Å². The third-order valence-corrected chi connectivity index (χ3v) is 7.47. The van der Waals surface area contributed by atoms with E-state index in [1.807, 2.05) is 39.0 Å². The first-order chi connectivity index (χ1) is 19.2. The van der Waals surface area contributed by atoms with E-state index in [1.165, 1.54) is 5.56 Å². The number of benzene rings is 2. The number of alkyl carbamates (subject to hydrolysis) is 1. The number of aryl methyl sites for hydroxylation is 2. The Morgan fingerprint density at radius 1 is 0.976 bits per heavy atom. The molecule has 0 aliphatic heterocycles. The van der Waals surface area contributed by atoms with Crippen LogP contribution in [-0.4, -0.2) is 33.7 Å². The molecule has 0 atom stereocenters. The Morgan fingerprint density at radius 2 is 1.68 bits per heavy atom. The highest BCUT2D eigenvalue weighted by Crippen LogP contribution is 2.38. The lowest BCUT2D eigenvalue weighted by molar-refractivity contribution is 0.131. The van der Waals surface area contributed by atoms with Gasteiger partial charge in [-0.2, -0.15) is 0 Å². The largest absolute Gasteiger partial charge is 0.497 e. The molecule has 2 heterocycles. The molecule has 1 amide bonds. The van der Waals surface area contributed by atoms with Gasteiger partial charge in [-0.05, 0) is 75.3 Å². The minimum atomic E-state index is -0.441. The molecule has 0 bridgehead atoms. The van der Waals surface area contributed by atoms with Crippen molar-refractivity contribution in [3.63, 3.8) is 0 Å². The highest BCUT2D eigenvalue weighted by atomic mass is 32.2. The first kappa shape index (κ1) is 30.4. The Morgan fingerprint density at radius 3 is 2.32 bits per heavy atom. The van der Waals surface area contributed by atoms with E-state index < -0.39 is 11.6 Å². The molecule has 0 saturated heterocycles. The predicted molar refractivity (Wildman–Crippen MR) is 168 cm³/mol. The number of imidazole rings is 1. The number of fused-ring (bicyclic) bond motifs is 1. The van der Waals surface area contributed by atoms with E-state index in [-0.39, 0.29) is 12.0 Å². The van der Waals surface area contributed by atoms with Gasteiger partial charge in [0.15, 0.2) is 5.16 Å². The number of methoxy groups -OCH3 is 1. The summed E-state index contributed by atoms with van der Waals surface area (Å²) in [6, 6.07) is 14.4. The lowest BCUT2D eigenvalue weighted by Crippen LogP contribution is -2.40. The summed E-state index contributed by atoms with van der Waals surface area (Å²) in [7, 11) is 1.66. The molecule has 41 heavy (non-hydrogen) atoms. The number of carbonyl (C=O) groups is 1. The van der Waals surface area contributed by atoms with E-state index in [1.54, 1.807) is 18.9 Å². The monoisotopic (exact) mass is 574 g/mol. The number of hydrogen-bond donors (Lipinski definition) is 2. The van der Waals surface area contributed by atoms with Crippen molar-refractivity contribution in [2.24, 2.45) is 5.41 Å². The van der Waals surface area contributed by atoms with Gasteiger partial charge in [0.1, 0.15) is 12.4 Å². The zero-order valence-corrected chi connectivity index (χ0v) is 26.5. The van der Waals surface area contributed by atoms with Crippen LogP contribution in [0.3, 0.4) is 0 Å². The fourth-order valence-electron chi connectivity index (χ4n) is 4.68. The molecule has 4 aromatic rings. The number of aromatic nitrogens is 3. The average Bonchev–Trinajstić information content (AvgIpc) is 3.28. The number of H-pyrrole nitrogens is 1. The third-order valence-electron chi connectivity index (χ3n) is 6.57. The van der Waals surface area contributed by atoms with Crippen LogP contribution < -0.4 is 10.1 Å². The molecule has 0 saturated carbocycles. The highest BCUT2D eigenvalue weighted by Gasteiger charge is 2.25. The molecular weight excluding hydrogens is 532 g/mol. The van der Waals surface area contributed by atoms with Crippen molar-refractivity contribution < 1.29 is 14.3 Å². The molecule has 8 heteroatoms. The molecule has 0 radical (unpaired) electrons. The molecule has 2 N–H and O–H groups in total. The maximum absolute atomic E-state index is 12.7. The van der Waals surface area contributed by atoms with Gasteiger partial charge in [0, 0.05) is 34.3 Å². The Bertz CT molecular complexity index is 1530. The number of carbonyl (C=O) groups excluding carboxylic acids is 1. The van der Waals surface area contributed by atoms with Crippen LogP contribution >= 0.6 is 11.8 Å². The fourth-order valence-corrected chi connectivity index (χ4v) is 5.65. The molecular formula is C33H42N4O3S. The van der Waals surface area contributed by atoms with Gasteiger partial charge >= 0.3 is 6.09 Å². The average molecular weight is 575 g/mol. The van der Waals surface area contributed by atoms with Crippen LogP contribution in [0.2, 0.25) is 0 Å². The summed E-state index contributed by atoms with van der Waals surface area (Å²) in [5.74, 6) is 1.43. The van der Waals surface area contributed by atoms with E-state index >= 15 is 0 Å². The molecule has 0 aliphatic rings. The number of nitrogens with zero attached hydrogens (tertiary/aromatic N) is 2. The van der Waals surface area contributed by atoms with Crippen molar-refractivity contribution in [2.75, 3.05) is 7.11 Å². The van der Waals surface area contributed by atoms with Gasteiger partial charge in [-0.1, -0.05) is 62.4 Å². The maximum atomic E-state index is 12.7. The summed E-state index contributed by atoms with van der Waals surface area (Å²) in [6.07, 6.45) is 0.314. The van der Waals surface area contributed by atoms with Crippen molar-refractivity contribution in [1.29, 1.82) is 0 Å². The SMILES string of the molecule is COc1ccc2nc(SCc3c(C)nc(CC(C)(C)C)c(COC(=O)NC(C)(C)C)c3-c3ccc(C)cc3)[nH]c2c1. The van der Waals surface area contributed by atoms with Gasteiger partial charge in [0.25, 0.3) is 0 Å². The quantitative estimate of drug-likeness (QED) is 0.206. The zero-order chi connectivity index (χ0) is 29.9. The first-order valence-electron chi connectivity index (χ1n) is 13.9. The van der Waals surface area contributed by atoms with Crippen LogP contribution in [0.15, 0.2) is 47.6 Å². The Balaban J connectivity index is 1.79. The minimum absolute atomic E-state index is 0.00198. The molecule has 218 valence electrons. The van der Waals surface area contributed by atoms with Crippen molar-refractivity contribution in [2.45, 2.75) is 84.9 Å². The number of hydrogen-bond acceptors (Lipinski definition) is 6. The Hall–Kier alpha value is -3.52. The van der Waals surface area contributed by atoms with Crippen molar-refractivity contribution in [3.8, 4) is 16.9 Å². The number of nitrogens with one attached hydrogen (secondary N) is 2. The molecule has 4 rings (SSSR count). The molecule has 0 aliphatic carbocycles. The zero-order valence-electron chi connectivity index (χ0n) is 25.7. The normalized spacial score (nSPS) is 12.0. The summed E-state index contributed by atoms with van der Waals surface area (Å²) in [5.41, 5.74) is 8.74. The van der Waals surface area contributed by atoms with E-state index in [2.05, 4.69) is 69.2 Å². The van der Waals surface area contributed by atoms with E-state index in [9.17, 15) is 4.79 Å². The number of aromatic amines is 1. The number of amides is 1. The third kappa shape index (κ3) is 8.03. The summed E-state index contributed by atoms with van der Waals surface area (Å²) < 4.78 is 11.2. The summed E-state index contributed by atoms with van der Waals surface area (Å²) in [5, 5.41) is 3.73. The maximum Gasteiger partial charge on any atom is 0.407 e. The van der Waals surface area contributed by atoms with Gasteiger partial charge in [-0.15, -0.1) is 0 Å². The molecule has 0 fully saturated rings. The van der Waals surface area contributed by atoms with Crippen molar-refractivity contribution in [3.05, 3.63) is 70.5 Å². The smallest absolute Gasteiger partial charge is 0.407 e. The lowest BCUT2D eigenvalue weighted by atomic mass is 9.85. The molecule has 7 nitrogen and oxygen atoms in total. The summed E-state index contributed by atoms with van der Waals surface area (Å²) in [6.45, 7) is 16.7. The second-order valence-corrected chi connectivity index (χ2v) is 13.7. The van der Waals surface area contributed by atoms with Crippen LogP contribution in [0.1, 0.15) is 69.6 Å². The summed E-state index contributed by atoms with van der Waals surface area (Å²) in [4.78, 5) is 26.1. The molecule has 2 aromatic carbocycles. The predicted octanol–water partition coefficient (Wildman–Crippen LogP) is 8.16. The number of ether oxygens (including phenoxy) is 2. The van der Waals surface area contributed by atoms with Crippen LogP contribution in [0.5, 0.6) is 5.75 Å². The minimum Gasteiger partial charge on any atom is -0.497 e.